The highest BCUT2D eigenvalue weighted by atomic mass is 16.6. The lowest BCUT2D eigenvalue weighted by molar-refractivity contribution is -0.149. The van der Waals surface area contributed by atoms with Crippen LogP contribution in [0.15, 0.2) is 18.2 Å². The summed E-state index contributed by atoms with van der Waals surface area (Å²) < 4.78 is 10.1. The quantitative estimate of drug-likeness (QED) is 0.625. The average Bonchev–Trinajstić information content (AvgIpc) is 2.23. The molecule has 1 aromatic carbocycles. The predicted octanol–water partition coefficient (Wildman–Crippen LogP) is 1.70. The average molecular weight is 237 g/mol. The second kappa shape index (κ2) is 6.25. The largest absolute Gasteiger partial charge is 0.460 e. The van der Waals surface area contributed by atoms with Crippen LogP contribution in [0.1, 0.15) is 18.1 Å². The molecule has 94 valence electrons. The molecule has 0 aliphatic heterocycles. The maximum absolute atomic E-state index is 11.6. The van der Waals surface area contributed by atoms with Crippen molar-refractivity contribution in [2.24, 2.45) is 0 Å². The number of ether oxygens (including phenoxy) is 2. The highest BCUT2D eigenvalue weighted by Crippen LogP contribution is 2.15. The molecule has 1 aromatic rings. The van der Waals surface area contributed by atoms with E-state index in [2.05, 4.69) is 0 Å². The van der Waals surface area contributed by atoms with Crippen LogP contribution in [-0.4, -0.2) is 25.8 Å². The summed E-state index contributed by atoms with van der Waals surface area (Å²) in [5, 5.41) is 0. The van der Waals surface area contributed by atoms with Crippen LogP contribution in [-0.2, 0) is 20.7 Å². The van der Waals surface area contributed by atoms with Crippen molar-refractivity contribution < 1.29 is 14.3 Å². The van der Waals surface area contributed by atoms with Gasteiger partial charge in [0.05, 0.1) is 13.0 Å². The van der Waals surface area contributed by atoms with Crippen molar-refractivity contribution in [3.63, 3.8) is 0 Å². The van der Waals surface area contributed by atoms with Crippen molar-refractivity contribution in [1.82, 2.24) is 0 Å². The molecule has 0 radical (unpaired) electrons. The van der Waals surface area contributed by atoms with Crippen LogP contribution >= 0.6 is 0 Å². The summed E-state index contributed by atoms with van der Waals surface area (Å²) in [5.74, 6) is -0.285. The number of rotatable bonds is 5. The zero-order valence-corrected chi connectivity index (χ0v) is 10.5. The molecule has 0 fully saturated rings. The topological polar surface area (TPSA) is 61.5 Å². The molecule has 0 saturated heterocycles. The highest BCUT2D eigenvalue weighted by Gasteiger charge is 2.11. The zero-order valence-electron chi connectivity index (χ0n) is 10.5. The number of carbonyl (C=O) groups is 1. The number of anilines is 1. The molecular formula is C13H19NO3. The fourth-order valence-corrected chi connectivity index (χ4v) is 1.58. The van der Waals surface area contributed by atoms with Gasteiger partial charge in [0.2, 0.25) is 0 Å². The van der Waals surface area contributed by atoms with E-state index in [1.165, 1.54) is 0 Å². The third-order valence-corrected chi connectivity index (χ3v) is 2.37. The Balaban J connectivity index is 2.58. The second-order valence-electron chi connectivity index (χ2n) is 4.13. The first-order valence-corrected chi connectivity index (χ1v) is 5.56. The Bertz CT molecular complexity index is 390. The van der Waals surface area contributed by atoms with Gasteiger partial charge in [-0.2, -0.15) is 0 Å². The van der Waals surface area contributed by atoms with E-state index in [0.29, 0.717) is 12.3 Å². The van der Waals surface area contributed by atoms with Gasteiger partial charge in [0, 0.05) is 12.8 Å². The Morgan fingerprint density at radius 3 is 2.82 bits per heavy atom. The summed E-state index contributed by atoms with van der Waals surface area (Å²) in [4.78, 5) is 11.6. The molecule has 0 spiro atoms. The van der Waals surface area contributed by atoms with E-state index < -0.39 is 0 Å². The van der Waals surface area contributed by atoms with Gasteiger partial charge in [0.1, 0.15) is 6.10 Å². The third-order valence-electron chi connectivity index (χ3n) is 2.37. The van der Waals surface area contributed by atoms with E-state index in [9.17, 15) is 4.79 Å². The number of hydrogen-bond acceptors (Lipinski definition) is 4. The highest BCUT2D eigenvalue weighted by molar-refractivity contribution is 5.75. The molecule has 0 unspecified atom stereocenters. The van der Waals surface area contributed by atoms with Crippen molar-refractivity contribution in [3.05, 3.63) is 29.3 Å². The van der Waals surface area contributed by atoms with Crippen molar-refractivity contribution >= 4 is 11.7 Å². The predicted molar refractivity (Wildman–Crippen MR) is 66.7 cm³/mol. The van der Waals surface area contributed by atoms with Crippen LogP contribution in [0.3, 0.4) is 0 Å². The molecule has 0 amide bonds. The van der Waals surface area contributed by atoms with E-state index in [1.54, 1.807) is 20.1 Å². The molecule has 2 N–H and O–H groups in total. The van der Waals surface area contributed by atoms with Gasteiger partial charge in [-0.3, -0.25) is 4.79 Å². The molecule has 4 heteroatoms. The lowest BCUT2D eigenvalue weighted by atomic mass is 10.1. The first-order valence-electron chi connectivity index (χ1n) is 5.56. The smallest absolute Gasteiger partial charge is 0.310 e. The normalized spacial score (nSPS) is 12.2. The van der Waals surface area contributed by atoms with E-state index in [4.69, 9.17) is 15.2 Å². The Morgan fingerprint density at radius 1 is 1.47 bits per heavy atom. The summed E-state index contributed by atoms with van der Waals surface area (Å²) in [6.07, 6.45) is -0.0415. The Kier molecular flexibility index (Phi) is 4.97. The molecule has 4 nitrogen and oxygen atoms in total. The van der Waals surface area contributed by atoms with Crippen molar-refractivity contribution in [3.8, 4) is 0 Å². The van der Waals surface area contributed by atoms with Gasteiger partial charge in [0.25, 0.3) is 0 Å². The lowest BCUT2D eigenvalue weighted by Crippen LogP contribution is -2.21. The molecule has 0 aromatic heterocycles. The van der Waals surface area contributed by atoms with Gasteiger partial charge in [-0.1, -0.05) is 17.7 Å². The molecule has 1 atom stereocenters. The summed E-state index contributed by atoms with van der Waals surface area (Å²) in [6.45, 7) is 4.15. The van der Waals surface area contributed by atoms with Crippen LogP contribution in [0, 0.1) is 6.92 Å². The Hall–Kier alpha value is -1.55. The Labute approximate surface area is 102 Å². The van der Waals surface area contributed by atoms with E-state index in [0.717, 1.165) is 11.1 Å². The Morgan fingerprint density at radius 2 is 2.18 bits per heavy atom. The number of carbonyl (C=O) groups excluding carboxylic acids is 1. The summed E-state index contributed by atoms with van der Waals surface area (Å²) in [6, 6.07) is 5.62. The van der Waals surface area contributed by atoms with Crippen molar-refractivity contribution in [2.75, 3.05) is 19.5 Å². The maximum Gasteiger partial charge on any atom is 0.310 e. The van der Waals surface area contributed by atoms with Gasteiger partial charge in [-0.05, 0) is 25.5 Å². The van der Waals surface area contributed by atoms with Gasteiger partial charge in [0.15, 0.2) is 0 Å². The van der Waals surface area contributed by atoms with Gasteiger partial charge in [-0.25, -0.2) is 0 Å². The minimum Gasteiger partial charge on any atom is -0.460 e. The summed E-state index contributed by atoms with van der Waals surface area (Å²) in [7, 11) is 1.57. The van der Waals surface area contributed by atoms with Crippen molar-refractivity contribution in [1.29, 1.82) is 0 Å². The summed E-state index contributed by atoms with van der Waals surface area (Å²) in [5.41, 5.74) is 8.29. The van der Waals surface area contributed by atoms with Crippen molar-refractivity contribution in [2.45, 2.75) is 26.4 Å². The second-order valence-corrected chi connectivity index (χ2v) is 4.13. The van der Waals surface area contributed by atoms with Crippen LogP contribution in [0.2, 0.25) is 0 Å². The number of hydrogen-bond donors (Lipinski definition) is 1. The molecule has 0 bridgehead atoms. The summed E-state index contributed by atoms with van der Waals surface area (Å²) >= 11 is 0. The number of methoxy groups -OCH3 is 1. The van der Waals surface area contributed by atoms with E-state index in [1.807, 2.05) is 19.1 Å². The molecule has 0 aliphatic rings. The standard InChI is InChI=1S/C13H19NO3/c1-9-4-5-12(14)11(6-9)7-13(15)17-10(2)8-16-3/h4-6,10H,7-8,14H2,1-3H3/t10-/m1/s1. The minimum atomic E-state index is -0.285. The first-order chi connectivity index (χ1) is 8.02. The van der Waals surface area contributed by atoms with Crippen LogP contribution in [0.25, 0.3) is 0 Å². The molecule has 0 aliphatic carbocycles. The number of esters is 1. The van der Waals surface area contributed by atoms with Gasteiger partial charge < -0.3 is 15.2 Å². The molecule has 0 saturated carbocycles. The van der Waals surface area contributed by atoms with Crippen LogP contribution in [0.5, 0.6) is 0 Å². The zero-order chi connectivity index (χ0) is 12.8. The first kappa shape index (κ1) is 13.5. The number of nitrogens with two attached hydrogens (primary N) is 1. The SMILES string of the molecule is COC[C@@H](C)OC(=O)Cc1cc(C)ccc1N. The van der Waals surface area contributed by atoms with Crippen LogP contribution < -0.4 is 5.73 Å². The number of benzene rings is 1. The molecular weight excluding hydrogens is 218 g/mol. The monoisotopic (exact) mass is 237 g/mol. The lowest BCUT2D eigenvalue weighted by Gasteiger charge is -2.13. The maximum atomic E-state index is 11.6. The molecule has 0 heterocycles. The number of nitrogen functional groups attached to an aromatic ring is 1. The fraction of sp³-hybridized carbons (Fsp3) is 0.462. The van der Waals surface area contributed by atoms with Gasteiger partial charge in [-0.15, -0.1) is 0 Å². The van der Waals surface area contributed by atoms with Gasteiger partial charge >= 0.3 is 5.97 Å². The number of aryl methyl sites for hydroxylation is 1. The minimum absolute atomic E-state index is 0.196. The van der Waals surface area contributed by atoms with E-state index >= 15 is 0 Å². The molecule has 1 rings (SSSR count). The molecule has 17 heavy (non-hydrogen) atoms. The van der Waals surface area contributed by atoms with E-state index in [-0.39, 0.29) is 18.5 Å². The third kappa shape index (κ3) is 4.44. The fourth-order valence-electron chi connectivity index (χ4n) is 1.58. The van der Waals surface area contributed by atoms with Crippen LogP contribution in [0.4, 0.5) is 5.69 Å².